The Hall–Kier alpha value is -1.62. The van der Waals surface area contributed by atoms with Crippen LogP contribution in [0.1, 0.15) is 31.3 Å². The lowest BCUT2D eigenvalue weighted by atomic mass is 10.1. The average molecular weight is 265 g/mol. The quantitative estimate of drug-likeness (QED) is 0.855. The molecule has 0 aliphatic rings. The minimum absolute atomic E-state index is 0.104. The highest BCUT2D eigenvalue weighted by Crippen LogP contribution is 2.13. The van der Waals surface area contributed by atoms with Crippen LogP contribution < -0.4 is 5.32 Å². The van der Waals surface area contributed by atoms with Gasteiger partial charge in [0.25, 0.3) is 5.91 Å². The minimum atomic E-state index is -0.246. The predicted octanol–water partition coefficient (Wildman–Crippen LogP) is 2.01. The highest BCUT2D eigenvalue weighted by molar-refractivity contribution is 5.92. The van der Waals surface area contributed by atoms with Gasteiger partial charge in [-0.2, -0.15) is 0 Å². The summed E-state index contributed by atoms with van der Waals surface area (Å²) in [5, 5.41) is 3.27. The van der Waals surface area contributed by atoms with E-state index in [-0.39, 0.29) is 11.5 Å². The van der Waals surface area contributed by atoms with Crippen LogP contribution in [-0.2, 0) is 4.74 Å². The smallest absolute Gasteiger partial charge is 0.272 e. The molecule has 1 rings (SSSR count). The van der Waals surface area contributed by atoms with E-state index in [4.69, 9.17) is 4.74 Å². The number of ether oxygens (including phenoxy) is 1. The van der Waals surface area contributed by atoms with Crippen LogP contribution in [-0.4, -0.2) is 48.6 Å². The lowest BCUT2D eigenvalue weighted by molar-refractivity contribution is 0.000696. The van der Waals surface area contributed by atoms with E-state index in [1.807, 2.05) is 26.8 Å². The van der Waals surface area contributed by atoms with Gasteiger partial charge in [0.2, 0.25) is 0 Å². The van der Waals surface area contributed by atoms with E-state index < -0.39 is 0 Å². The molecule has 5 nitrogen and oxygen atoms in total. The Balaban J connectivity index is 2.70. The van der Waals surface area contributed by atoms with Gasteiger partial charge in [0.15, 0.2) is 0 Å². The van der Waals surface area contributed by atoms with E-state index >= 15 is 0 Å². The molecule has 0 saturated carbocycles. The molecule has 0 aliphatic heterocycles. The van der Waals surface area contributed by atoms with Crippen LogP contribution in [0.3, 0.4) is 0 Å². The standard InChI is InChI=1S/C14H23N3O2/c1-6-19-14(2,3)10-16-11-7-8-15-12(9-11)13(18)17(4)5/h7-9H,6,10H2,1-5H3,(H,15,16). The summed E-state index contributed by atoms with van der Waals surface area (Å²) in [6, 6.07) is 3.60. The molecule has 1 heterocycles. The van der Waals surface area contributed by atoms with Crippen LogP contribution in [0.2, 0.25) is 0 Å². The van der Waals surface area contributed by atoms with Gasteiger partial charge in [-0.05, 0) is 32.9 Å². The van der Waals surface area contributed by atoms with Gasteiger partial charge in [0.1, 0.15) is 5.69 Å². The van der Waals surface area contributed by atoms with Gasteiger partial charge < -0.3 is 15.0 Å². The molecule has 0 radical (unpaired) electrons. The molecule has 1 aromatic rings. The maximum Gasteiger partial charge on any atom is 0.272 e. The van der Waals surface area contributed by atoms with Crippen molar-refractivity contribution in [3.63, 3.8) is 0 Å². The Morgan fingerprint density at radius 3 is 2.74 bits per heavy atom. The maximum atomic E-state index is 11.8. The molecule has 0 unspecified atom stereocenters. The molecule has 0 saturated heterocycles. The number of hydrogen-bond donors (Lipinski definition) is 1. The first-order valence-corrected chi connectivity index (χ1v) is 6.41. The van der Waals surface area contributed by atoms with Gasteiger partial charge in [-0.1, -0.05) is 0 Å². The molecule has 5 heteroatoms. The monoisotopic (exact) mass is 265 g/mol. The zero-order valence-electron chi connectivity index (χ0n) is 12.4. The second kappa shape index (κ2) is 6.52. The summed E-state index contributed by atoms with van der Waals surface area (Å²) in [6.45, 7) is 7.37. The van der Waals surface area contributed by atoms with Crippen molar-refractivity contribution in [2.45, 2.75) is 26.4 Å². The molecule has 0 aromatic carbocycles. The number of carbonyl (C=O) groups excluding carboxylic acids is 1. The summed E-state index contributed by atoms with van der Waals surface area (Å²) in [6.07, 6.45) is 1.63. The zero-order chi connectivity index (χ0) is 14.5. The van der Waals surface area contributed by atoms with Crippen LogP contribution in [0.5, 0.6) is 0 Å². The Morgan fingerprint density at radius 2 is 2.16 bits per heavy atom. The molecular weight excluding hydrogens is 242 g/mol. The number of carbonyl (C=O) groups is 1. The van der Waals surface area contributed by atoms with E-state index in [1.165, 1.54) is 4.90 Å². The van der Waals surface area contributed by atoms with E-state index in [2.05, 4.69) is 10.3 Å². The van der Waals surface area contributed by atoms with Gasteiger partial charge >= 0.3 is 0 Å². The van der Waals surface area contributed by atoms with E-state index in [0.29, 0.717) is 18.8 Å². The molecule has 0 spiro atoms. The minimum Gasteiger partial charge on any atom is -0.382 e. The van der Waals surface area contributed by atoms with E-state index in [1.54, 1.807) is 26.4 Å². The van der Waals surface area contributed by atoms with Crippen molar-refractivity contribution in [2.75, 3.05) is 32.6 Å². The van der Waals surface area contributed by atoms with Crippen molar-refractivity contribution in [1.29, 1.82) is 0 Å². The lowest BCUT2D eigenvalue weighted by Crippen LogP contribution is -2.33. The predicted molar refractivity (Wildman–Crippen MR) is 76.4 cm³/mol. The molecule has 0 fully saturated rings. The van der Waals surface area contributed by atoms with Crippen LogP contribution in [0.15, 0.2) is 18.3 Å². The largest absolute Gasteiger partial charge is 0.382 e. The third-order valence-electron chi connectivity index (χ3n) is 2.64. The summed E-state index contributed by atoms with van der Waals surface area (Å²) in [5.74, 6) is -0.104. The second-order valence-corrected chi connectivity index (χ2v) is 5.18. The summed E-state index contributed by atoms with van der Waals surface area (Å²) in [7, 11) is 3.42. The van der Waals surface area contributed by atoms with Crippen molar-refractivity contribution < 1.29 is 9.53 Å². The third-order valence-corrected chi connectivity index (χ3v) is 2.64. The highest BCUT2D eigenvalue weighted by atomic mass is 16.5. The number of pyridine rings is 1. The first kappa shape index (κ1) is 15.4. The van der Waals surface area contributed by atoms with Gasteiger partial charge in [-0.15, -0.1) is 0 Å². The number of anilines is 1. The Morgan fingerprint density at radius 1 is 1.47 bits per heavy atom. The summed E-state index contributed by atoms with van der Waals surface area (Å²) in [5.41, 5.74) is 1.06. The molecular formula is C14H23N3O2. The third kappa shape index (κ3) is 4.87. The first-order valence-electron chi connectivity index (χ1n) is 6.41. The average Bonchev–Trinajstić information content (AvgIpc) is 2.36. The molecule has 0 aliphatic carbocycles. The van der Waals surface area contributed by atoms with Crippen LogP contribution in [0.25, 0.3) is 0 Å². The highest BCUT2D eigenvalue weighted by Gasteiger charge is 2.17. The molecule has 19 heavy (non-hydrogen) atoms. The lowest BCUT2D eigenvalue weighted by Gasteiger charge is -2.25. The normalized spacial score (nSPS) is 11.2. The van der Waals surface area contributed by atoms with Crippen LogP contribution in [0, 0.1) is 0 Å². The summed E-state index contributed by atoms with van der Waals surface area (Å²) >= 11 is 0. The Labute approximate surface area is 115 Å². The summed E-state index contributed by atoms with van der Waals surface area (Å²) < 4.78 is 5.61. The summed E-state index contributed by atoms with van der Waals surface area (Å²) in [4.78, 5) is 17.4. The molecule has 1 amide bonds. The number of amides is 1. The Kier molecular flexibility index (Phi) is 5.30. The number of rotatable bonds is 6. The van der Waals surface area contributed by atoms with Crippen molar-refractivity contribution in [2.24, 2.45) is 0 Å². The molecule has 1 aromatic heterocycles. The number of hydrogen-bond acceptors (Lipinski definition) is 4. The van der Waals surface area contributed by atoms with Crippen LogP contribution >= 0.6 is 0 Å². The fourth-order valence-electron chi connectivity index (χ4n) is 1.64. The first-order chi connectivity index (χ1) is 8.85. The molecule has 0 atom stereocenters. The van der Waals surface area contributed by atoms with Gasteiger partial charge in [0.05, 0.1) is 5.60 Å². The number of aromatic nitrogens is 1. The van der Waals surface area contributed by atoms with E-state index in [0.717, 1.165) is 5.69 Å². The number of nitrogens with zero attached hydrogens (tertiary/aromatic N) is 2. The fourth-order valence-corrected chi connectivity index (χ4v) is 1.64. The Bertz CT molecular complexity index is 430. The topological polar surface area (TPSA) is 54.5 Å². The van der Waals surface area contributed by atoms with Crippen molar-refractivity contribution in [3.05, 3.63) is 24.0 Å². The zero-order valence-corrected chi connectivity index (χ0v) is 12.4. The maximum absolute atomic E-state index is 11.8. The number of nitrogens with one attached hydrogen (secondary N) is 1. The van der Waals surface area contributed by atoms with Crippen molar-refractivity contribution in [1.82, 2.24) is 9.88 Å². The fraction of sp³-hybridized carbons (Fsp3) is 0.571. The van der Waals surface area contributed by atoms with Gasteiger partial charge in [-0.25, -0.2) is 0 Å². The SMILES string of the molecule is CCOC(C)(C)CNc1ccnc(C(=O)N(C)C)c1. The van der Waals surface area contributed by atoms with Crippen molar-refractivity contribution >= 4 is 11.6 Å². The van der Waals surface area contributed by atoms with E-state index in [9.17, 15) is 4.79 Å². The van der Waals surface area contributed by atoms with Gasteiger partial charge in [-0.3, -0.25) is 9.78 Å². The van der Waals surface area contributed by atoms with Crippen LogP contribution in [0.4, 0.5) is 5.69 Å². The molecule has 1 N–H and O–H groups in total. The molecule has 106 valence electrons. The van der Waals surface area contributed by atoms with Crippen molar-refractivity contribution in [3.8, 4) is 0 Å². The second-order valence-electron chi connectivity index (χ2n) is 5.18. The van der Waals surface area contributed by atoms with Gasteiger partial charge in [0, 0.05) is 39.1 Å². The molecule has 0 bridgehead atoms.